The number of carbonyl (C=O) groups is 1. The van der Waals surface area contributed by atoms with Crippen LogP contribution in [-0.4, -0.2) is 33.4 Å². The van der Waals surface area contributed by atoms with E-state index in [-0.39, 0.29) is 5.41 Å². The molecule has 3 atom stereocenters. The van der Waals surface area contributed by atoms with Crippen molar-refractivity contribution in [1.29, 1.82) is 0 Å². The van der Waals surface area contributed by atoms with Gasteiger partial charge in [-0.2, -0.15) is 0 Å². The van der Waals surface area contributed by atoms with Crippen molar-refractivity contribution in [2.75, 3.05) is 0 Å². The Labute approximate surface area is 117 Å². The normalized spacial score (nSPS) is 16.9. The van der Waals surface area contributed by atoms with Gasteiger partial charge in [0.1, 0.15) is 0 Å². The molecule has 108 valence electrons. The molecule has 0 aliphatic heterocycles. The third kappa shape index (κ3) is 4.26. The zero-order valence-electron chi connectivity index (χ0n) is 11.9. The third-order valence-electron chi connectivity index (χ3n) is 2.69. The first-order chi connectivity index (χ1) is 8.62. The summed E-state index contributed by atoms with van der Waals surface area (Å²) >= 11 is 1.42. The summed E-state index contributed by atoms with van der Waals surface area (Å²) in [6.07, 6.45) is -2.44. The number of nitrogens with zero attached hydrogens (tertiary/aromatic N) is 1. The van der Waals surface area contributed by atoms with Gasteiger partial charge in [0.25, 0.3) is 0 Å². The highest BCUT2D eigenvalue weighted by atomic mass is 32.1. The van der Waals surface area contributed by atoms with Crippen molar-refractivity contribution in [2.45, 2.75) is 58.3 Å². The molecule has 2 N–H and O–H groups in total. The number of ether oxygens (including phenoxy) is 1. The van der Waals surface area contributed by atoms with Gasteiger partial charge in [-0.25, -0.2) is 9.78 Å². The first-order valence-electron chi connectivity index (χ1n) is 6.15. The van der Waals surface area contributed by atoms with E-state index in [1.54, 1.807) is 19.2 Å². The predicted octanol–water partition coefficient (Wildman–Crippen LogP) is 2.35. The summed E-state index contributed by atoms with van der Waals surface area (Å²) in [5, 5.41) is 21.2. The van der Waals surface area contributed by atoms with Crippen LogP contribution in [0.25, 0.3) is 0 Å². The van der Waals surface area contributed by atoms with Crippen LogP contribution >= 0.6 is 11.3 Å². The molecule has 1 aromatic heterocycles. The summed E-state index contributed by atoms with van der Waals surface area (Å²) in [5.41, 5.74) is 0.261. The molecule has 0 saturated heterocycles. The van der Waals surface area contributed by atoms with Gasteiger partial charge in [0.2, 0.25) is 0 Å². The molecule has 6 heteroatoms. The van der Waals surface area contributed by atoms with Gasteiger partial charge in [0.05, 0.1) is 22.9 Å². The fourth-order valence-electron chi connectivity index (χ4n) is 1.33. The van der Waals surface area contributed by atoms with Gasteiger partial charge < -0.3 is 14.9 Å². The summed E-state index contributed by atoms with van der Waals surface area (Å²) < 4.78 is 5.38. The van der Waals surface area contributed by atoms with Crippen LogP contribution in [0.2, 0.25) is 0 Å². The lowest BCUT2D eigenvalue weighted by atomic mass is 9.98. The molecule has 0 fully saturated rings. The maximum absolute atomic E-state index is 11.3. The van der Waals surface area contributed by atoms with Gasteiger partial charge in [-0.1, -0.05) is 20.8 Å². The fourth-order valence-corrected chi connectivity index (χ4v) is 2.25. The van der Waals surface area contributed by atoms with Crippen molar-refractivity contribution in [2.24, 2.45) is 0 Å². The van der Waals surface area contributed by atoms with E-state index >= 15 is 0 Å². The zero-order valence-corrected chi connectivity index (χ0v) is 12.7. The van der Waals surface area contributed by atoms with E-state index in [0.717, 1.165) is 5.01 Å². The average Bonchev–Trinajstić information content (AvgIpc) is 2.73. The first-order valence-corrected chi connectivity index (χ1v) is 7.03. The molecule has 0 amide bonds. The van der Waals surface area contributed by atoms with Gasteiger partial charge in [-0.05, 0) is 13.8 Å². The molecule has 3 unspecified atom stereocenters. The lowest BCUT2D eigenvalue weighted by molar-refractivity contribution is -0.158. The van der Waals surface area contributed by atoms with Crippen molar-refractivity contribution in [3.63, 3.8) is 0 Å². The Morgan fingerprint density at radius 2 is 2.00 bits per heavy atom. The van der Waals surface area contributed by atoms with E-state index in [4.69, 9.17) is 4.74 Å². The first kappa shape index (κ1) is 16.1. The van der Waals surface area contributed by atoms with Crippen LogP contribution < -0.4 is 0 Å². The third-order valence-corrected chi connectivity index (χ3v) is 3.97. The molecule has 19 heavy (non-hydrogen) atoms. The minimum absolute atomic E-state index is 0.123. The van der Waals surface area contributed by atoms with Crippen molar-refractivity contribution in [3.05, 3.63) is 16.1 Å². The van der Waals surface area contributed by atoms with E-state index in [1.807, 2.05) is 20.8 Å². The predicted molar refractivity (Wildman–Crippen MR) is 73.4 cm³/mol. The highest BCUT2D eigenvalue weighted by Gasteiger charge is 2.29. The van der Waals surface area contributed by atoms with Crippen LogP contribution in [0.1, 0.15) is 51.4 Å². The van der Waals surface area contributed by atoms with E-state index < -0.39 is 24.3 Å². The summed E-state index contributed by atoms with van der Waals surface area (Å²) in [4.78, 5) is 15.6. The van der Waals surface area contributed by atoms with Crippen LogP contribution in [0, 0.1) is 0 Å². The van der Waals surface area contributed by atoms with Crippen LogP contribution in [-0.2, 0) is 14.9 Å². The minimum atomic E-state index is -1.14. The number of carboxylic acid groups (broad SMARTS) is 1. The lowest BCUT2D eigenvalue weighted by Crippen LogP contribution is -2.28. The lowest BCUT2D eigenvalue weighted by Gasteiger charge is -2.20. The Hall–Kier alpha value is -0.980. The Bertz CT molecular complexity index is 436. The van der Waals surface area contributed by atoms with Crippen molar-refractivity contribution in [1.82, 2.24) is 4.98 Å². The fraction of sp³-hybridized carbons (Fsp3) is 0.692. The Kier molecular flexibility index (Phi) is 5.06. The van der Waals surface area contributed by atoms with Crippen LogP contribution in [0.15, 0.2) is 5.38 Å². The van der Waals surface area contributed by atoms with E-state index in [9.17, 15) is 15.0 Å². The van der Waals surface area contributed by atoms with Crippen LogP contribution in [0.5, 0.6) is 0 Å². The number of hydrogen-bond acceptors (Lipinski definition) is 5. The number of thiazole rings is 1. The average molecular weight is 287 g/mol. The minimum Gasteiger partial charge on any atom is -0.479 e. The Balaban J connectivity index is 2.94. The Morgan fingerprint density at radius 3 is 2.37 bits per heavy atom. The quantitative estimate of drug-likeness (QED) is 0.869. The molecule has 1 aromatic rings. The standard InChI is InChI=1S/C13H21NO4S/c1-7(15)8(2)18-10(11(16)17)9-6-19-12(14-9)13(3,4)5/h6-8,10,15H,1-5H3,(H,16,17). The number of rotatable bonds is 5. The van der Waals surface area contributed by atoms with Gasteiger partial charge in [0, 0.05) is 10.8 Å². The molecule has 0 aliphatic carbocycles. The number of aliphatic carboxylic acids is 1. The van der Waals surface area contributed by atoms with Gasteiger partial charge >= 0.3 is 5.97 Å². The maximum atomic E-state index is 11.3. The largest absolute Gasteiger partial charge is 0.479 e. The summed E-state index contributed by atoms with van der Waals surface area (Å²) in [6.45, 7) is 9.25. The second-order valence-electron chi connectivity index (χ2n) is 5.63. The van der Waals surface area contributed by atoms with Crippen LogP contribution in [0.3, 0.4) is 0 Å². The van der Waals surface area contributed by atoms with E-state index in [0.29, 0.717) is 5.69 Å². The molecule has 0 aliphatic rings. The highest BCUT2D eigenvalue weighted by Crippen LogP contribution is 2.29. The van der Waals surface area contributed by atoms with E-state index in [2.05, 4.69) is 4.98 Å². The second kappa shape index (κ2) is 5.98. The topological polar surface area (TPSA) is 79.7 Å². The summed E-state index contributed by atoms with van der Waals surface area (Å²) in [6, 6.07) is 0. The van der Waals surface area contributed by atoms with Crippen molar-refractivity contribution >= 4 is 17.3 Å². The van der Waals surface area contributed by atoms with Gasteiger partial charge in [0.15, 0.2) is 6.10 Å². The van der Waals surface area contributed by atoms with E-state index in [1.165, 1.54) is 11.3 Å². The molecular weight excluding hydrogens is 266 g/mol. The summed E-state index contributed by atoms with van der Waals surface area (Å²) in [7, 11) is 0. The molecular formula is C13H21NO4S. The second-order valence-corrected chi connectivity index (χ2v) is 6.49. The van der Waals surface area contributed by atoms with Crippen molar-refractivity contribution in [3.8, 4) is 0 Å². The molecule has 1 heterocycles. The number of hydrogen-bond donors (Lipinski definition) is 2. The number of aliphatic hydroxyl groups excluding tert-OH is 1. The molecule has 0 saturated carbocycles. The van der Waals surface area contributed by atoms with Gasteiger partial charge in [-0.3, -0.25) is 0 Å². The highest BCUT2D eigenvalue weighted by molar-refractivity contribution is 7.09. The molecule has 0 bridgehead atoms. The van der Waals surface area contributed by atoms with Crippen molar-refractivity contribution < 1.29 is 19.7 Å². The SMILES string of the molecule is CC(O)C(C)OC(C(=O)O)c1csc(C(C)(C)C)n1. The van der Waals surface area contributed by atoms with Crippen LogP contribution in [0.4, 0.5) is 0 Å². The molecule has 0 radical (unpaired) electrons. The smallest absolute Gasteiger partial charge is 0.339 e. The molecule has 0 spiro atoms. The zero-order chi connectivity index (χ0) is 14.8. The maximum Gasteiger partial charge on any atom is 0.339 e. The molecule has 1 rings (SSSR count). The summed E-state index contributed by atoms with van der Waals surface area (Å²) in [5.74, 6) is -1.10. The molecule has 5 nitrogen and oxygen atoms in total. The molecule has 0 aromatic carbocycles. The number of aromatic nitrogens is 1. The Morgan fingerprint density at radius 1 is 1.42 bits per heavy atom. The monoisotopic (exact) mass is 287 g/mol. The van der Waals surface area contributed by atoms with Gasteiger partial charge in [-0.15, -0.1) is 11.3 Å². The number of carboxylic acids is 1. The number of aliphatic hydroxyl groups is 1.